The Morgan fingerprint density at radius 2 is 1.04 bits per heavy atom. The number of benzene rings is 5. The lowest BCUT2D eigenvalue weighted by Crippen LogP contribution is -2.08. The third kappa shape index (κ3) is 6.37. The van der Waals surface area contributed by atoms with Crippen molar-refractivity contribution >= 4 is 11.4 Å². The van der Waals surface area contributed by atoms with Crippen LogP contribution in [-0.2, 0) is 6.54 Å². The summed E-state index contributed by atoms with van der Waals surface area (Å²) in [6.45, 7) is 0.460. The van der Waals surface area contributed by atoms with Gasteiger partial charge in [0.15, 0.2) is 0 Å². The van der Waals surface area contributed by atoms with Gasteiger partial charge in [-0.15, -0.1) is 0 Å². The highest BCUT2D eigenvalue weighted by molar-refractivity contribution is 6.16. The fourth-order valence-corrected chi connectivity index (χ4v) is 5.73. The Balaban J connectivity index is 1.37. The van der Waals surface area contributed by atoms with E-state index >= 15 is 0 Å². The lowest BCUT2D eigenvalue weighted by molar-refractivity contribution is 1.07. The summed E-state index contributed by atoms with van der Waals surface area (Å²) in [5.74, 6) is 0. The zero-order valence-corrected chi connectivity index (χ0v) is 25.3. The van der Waals surface area contributed by atoms with Crippen LogP contribution in [0.4, 0.5) is 5.69 Å². The molecule has 7 rings (SSSR count). The molecule has 0 saturated heterocycles. The molecule has 5 aromatic carbocycles. The van der Waals surface area contributed by atoms with Crippen molar-refractivity contribution in [3.63, 3.8) is 0 Å². The van der Waals surface area contributed by atoms with E-state index in [1.807, 2.05) is 42.7 Å². The molecular formula is C42H32N4. The smallest absolute Gasteiger partial charge is 0.0744 e. The number of rotatable bonds is 8. The summed E-state index contributed by atoms with van der Waals surface area (Å²) in [5.41, 5.74) is 20.0. The number of nitrogens with two attached hydrogens (primary N) is 1. The number of pyridine rings is 2. The van der Waals surface area contributed by atoms with Crippen LogP contribution in [0.3, 0.4) is 0 Å². The number of hydrogen-bond donors (Lipinski definition) is 1. The van der Waals surface area contributed by atoms with E-state index < -0.39 is 0 Å². The van der Waals surface area contributed by atoms with Gasteiger partial charge >= 0.3 is 0 Å². The molecule has 2 heterocycles. The summed E-state index contributed by atoms with van der Waals surface area (Å²) in [5, 5.41) is 0. The molecule has 0 aliphatic carbocycles. The van der Waals surface area contributed by atoms with Crippen LogP contribution in [0.15, 0.2) is 175 Å². The highest BCUT2D eigenvalue weighted by atomic mass is 14.7. The van der Waals surface area contributed by atoms with E-state index in [2.05, 4.69) is 125 Å². The van der Waals surface area contributed by atoms with Gasteiger partial charge < -0.3 is 5.73 Å². The maximum atomic E-state index is 6.73. The molecule has 0 unspecified atom stereocenters. The van der Waals surface area contributed by atoms with Crippen LogP contribution >= 0.6 is 0 Å². The minimum absolute atomic E-state index is 0.460. The number of aliphatic imine (C=N–C) groups is 1. The molecule has 4 nitrogen and oxygen atoms in total. The molecule has 0 amide bonds. The number of hydrogen-bond acceptors (Lipinski definition) is 4. The highest BCUT2D eigenvalue weighted by Gasteiger charge is 2.14. The van der Waals surface area contributed by atoms with Gasteiger partial charge in [-0.2, -0.15) is 0 Å². The van der Waals surface area contributed by atoms with Crippen molar-refractivity contribution in [1.29, 1.82) is 0 Å². The van der Waals surface area contributed by atoms with Crippen LogP contribution < -0.4 is 5.73 Å². The minimum Gasteiger partial charge on any atom is -0.398 e. The molecule has 0 spiro atoms. The van der Waals surface area contributed by atoms with Gasteiger partial charge in [-0.1, -0.05) is 97.1 Å². The van der Waals surface area contributed by atoms with Crippen molar-refractivity contribution < 1.29 is 0 Å². The molecule has 0 atom stereocenters. The second kappa shape index (κ2) is 13.2. The topological polar surface area (TPSA) is 64.2 Å². The predicted octanol–water partition coefficient (Wildman–Crippen LogP) is 9.76. The van der Waals surface area contributed by atoms with E-state index in [1.54, 1.807) is 12.4 Å². The molecular weight excluding hydrogens is 560 g/mol. The van der Waals surface area contributed by atoms with Gasteiger partial charge in [0, 0.05) is 52.7 Å². The summed E-state index contributed by atoms with van der Waals surface area (Å²) in [4.78, 5) is 14.1. The zero-order valence-electron chi connectivity index (χ0n) is 25.3. The third-order valence-corrected chi connectivity index (χ3v) is 8.06. The number of anilines is 1. The summed E-state index contributed by atoms with van der Waals surface area (Å²) in [6, 6.07) is 50.2. The fourth-order valence-electron chi connectivity index (χ4n) is 5.73. The minimum atomic E-state index is 0.460. The van der Waals surface area contributed by atoms with Crippen molar-refractivity contribution in [3.8, 4) is 44.5 Å². The predicted molar refractivity (Wildman–Crippen MR) is 190 cm³/mol. The van der Waals surface area contributed by atoms with Crippen molar-refractivity contribution in [3.05, 3.63) is 187 Å². The number of nitrogens with zero attached hydrogens (tertiary/aromatic N) is 3. The zero-order chi connectivity index (χ0) is 31.1. The van der Waals surface area contributed by atoms with E-state index in [4.69, 9.17) is 10.7 Å². The molecule has 0 aliphatic heterocycles. The van der Waals surface area contributed by atoms with E-state index in [0.717, 1.165) is 66.9 Å². The van der Waals surface area contributed by atoms with Crippen LogP contribution in [0.5, 0.6) is 0 Å². The molecule has 0 bridgehead atoms. The lowest BCUT2D eigenvalue weighted by atomic mass is 9.93. The summed E-state index contributed by atoms with van der Waals surface area (Å²) >= 11 is 0. The van der Waals surface area contributed by atoms with E-state index in [9.17, 15) is 0 Å². The first-order valence-corrected chi connectivity index (χ1v) is 15.3. The van der Waals surface area contributed by atoms with Crippen molar-refractivity contribution in [1.82, 2.24) is 9.97 Å². The first-order chi connectivity index (χ1) is 22.7. The second-order valence-corrected chi connectivity index (χ2v) is 11.2. The van der Waals surface area contributed by atoms with Crippen LogP contribution in [0.2, 0.25) is 0 Å². The van der Waals surface area contributed by atoms with Gasteiger partial charge in [-0.25, -0.2) is 0 Å². The Morgan fingerprint density at radius 3 is 1.63 bits per heavy atom. The molecule has 2 aromatic heterocycles. The van der Waals surface area contributed by atoms with Crippen molar-refractivity contribution in [2.45, 2.75) is 6.54 Å². The van der Waals surface area contributed by atoms with Gasteiger partial charge in [0.05, 0.1) is 12.3 Å². The van der Waals surface area contributed by atoms with Crippen LogP contribution in [0.25, 0.3) is 44.5 Å². The quantitative estimate of drug-likeness (QED) is 0.141. The van der Waals surface area contributed by atoms with E-state index in [1.165, 1.54) is 0 Å². The molecule has 0 aliphatic rings. The summed E-state index contributed by atoms with van der Waals surface area (Å²) in [6.07, 6.45) is 7.38. The van der Waals surface area contributed by atoms with Gasteiger partial charge in [0.1, 0.15) is 0 Å². The first kappa shape index (κ1) is 28.6. The molecule has 46 heavy (non-hydrogen) atoms. The van der Waals surface area contributed by atoms with Crippen molar-refractivity contribution in [2.75, 3.05) is 5.73 Å². The Morgan fingerprint density at radius 1 is 0.478 bits per heavy atom. The van der Waals surface area contributed by atoms with E-state index in [0.29, 0.717) is 12.2 Å². The van der Waals surface area contributed by atoms with Crippen LogP contribution in [-0.4, -0.2) is 15.7 Å². The van der Waals surface area contributed by atoms with Gasteiger partial charge in [-0.3, -0.25) is 15.0 Å². The molecule has 4 heteroatoms. The lowest BCUT2D eigenvalue weighted by Gasteiger charge is -2.15. The Hall–Kier alpha value is -6.13. The molecule has 0 saturated carbocycles. The SMILES string of the molecule is Nc1ccc(-c2ccccc2)cc1/C(=N\Cc1cc(-c2cccnc2)cc(-c2cccnc2)c1)c1cccc(-c2ccccc2)c1. The second-order valence-electron chi connectivity index (χ2n) is 11.2. The number of aromatic nitrogens is 2. The largest absolute Gasteiger partial charge is 0.398 e. The molecule has 220 valence electrons. The van der Waals surface area contributed by atoms with Crippen LogP contribution in [0.1, 0.15) is 16.7 Å². The Labute approximate surface area is 269 Å². The normalized spacial score (nSPS) is 11.3. The van der Waals surface area contributed by atoms with Gasteiger partial charge in [0.25, 0.3) is 0 Å². The number of nitrogen functional groups attached to an aromatic ring is 1. The van der Waals surface area contributed by atoms with E-state index in [-0.39, 0.29) is 0 Å². The maximum absolute atomic E-state index is 6.73. The summed E-state index contributed by atoms with van der Waals surface area (Å²) in [7, 11) is 0. The first-order valence-electron chi connectivity index (χ1n) is 15.3. The molecule has 0 radical (unpaired) electrons. The molecule has 7 aromatic rings. The third-order valence-electron chi connectivity index (χ3n) is 8.06. The molecule has 2 N–H and O–H groups in total. The average molecular weight is 593 g/mol. The monoisotopic (exact) mass is 592 g/mol. The highest BCUT2D eigenvalue weighted by Crippen LogP contribution is 2.31. The fraction of sp³-hybridized carbons (Fsp3) is 0.0238. The average Bonchev–Trinajstić information content (AvgIpc) is 3.14. The van der Waals surface area contributed by atoms with Gasteiger partial charge in [-0.05, 0) is 87.5 Å². The Bertz CT molecular complexity index is 2050. The van der Waals surface area contributed by atoms with Gasteiger partial charge in [0.2, 0.25) is 0 Å². The maximum Gasteiger partial charge on any atom is 0.0744 e. The van der Waals surface area contributed by atoms with Crippen LogP contribution in [0, 0.1) is 0 Å². The standard InChI is InChI=1S/C42H32N4/c43-41-19-18-34(32-12-5-2-6-13-32)26-40(41)42(35-15-7-14-33(24-35)31-10-3-1-4-11-31)46-27-30-22-38(36-16-8-20-44-28-36)25-39(23-30)37-17-9-21-45-29-37/h1-26,28-29H,27,43H2/b46-42-. The summed E-state index contributed by atoms with van der Waals surface area (Å²) < 4.78 is 0. The van der Waals surface area contributed by atoms with Crippen molar-refractivity contribution in [2.24, 2.45) is 4.99 Å². The Kier molecular flexibility index (Phi) is 8.24. The molecule has 0 fully saturated rings.